The van der Waals surface area contributed by atoms with Crippen molar-refractivity contribution in [3.8, 4) is 11.5 Å². The van der Waals surface area contributed by atoms with Crippen molar-refractivity contribution in [2.75, 3.05) is 31.9 Å². The number of ether oxygens (including phenoxy) is 2. The van der Waals surface area contributed by atoms with Crippen LogP contribution in [0.2, 0.25) is 5.02 Å². The van der Waals surface area contributed by atoms with Crippen molar-refractivity contribution in [1.29, 1.82) is 0 Å². The molecular formula is C23H26ClN5O5S. The summed E-state index contributed by atoms with van der Waals surface area (Å²) in [7, 11) is 3.05. The first-order valence-electron chi connectivity index (χ1n) is 10.6. The van der Waals surface area contributed by atoms with Gasteiger partial charge in [0.25, 0.3) is 5.91 Å². The zero-order valence-corrected chi connectivity index (χ0v) is 21.0. The Bertz CT molecular complexity index is 1170. The maximum Gasteiger partial charge on any atom is 0.251 e. The van der Waals surface area contributed by atoms with Crippen LogP contribution in [-0.4, -0.2) is 58.3 Å². The number of benzene rings is 2. The first kappa shape index (κ1) is 26.3. The van der Waals surface area contributed by atoms with Crippen LogP contribution in [0.5, 0.6) is 11.5 Å². The van der Waals surface area contributed by atoms with E-state index in [0.29, 0.717) is 45.3 Å². The molecule has 3 aromatic rings. The number of hydrogen-bond acceptors (Lipinski definition) is 8. The summed E-state index contributed by atoms with van der Waals surface area (Å²) in [5, 5.41) is 24.7. The minimum atomic E-state index is -0.782. The third kappa shape index (κ3) is 6.65. The molecule has 2 aromatic carbocycles. The molecule has 0 bridgehead atoms. The molecule has 0 aliphatic rings. The van der Waals surface area contributed by atoms with E-state index in [-0.39, 0.29) is 24.2 Å². The molecule has 1 atom stereocenters. The lowest BCUT2D eigenvalue weighted by Crippen LogP contribution is -2.32. The normalized spacial score (nSPS) is 11.6. The molecule has 1 heterocycles. The van der Waals surface area contributed by atoms with Crippen LogP contribution in [0.4, 0.5) is 5.69 Å². The molecular weight excluding hydrogens is 494 g/mol. The standard InChI is InChI=1S/C23H26ClN5O5S/c1-4-29-21(18(12-30)26-22(32)14-5-8-16(33-2)9-6-14)27-28-23(29)35-13-20(31)25-17-11-15(24)7-10-19(17)34-3/h5-11,18,30H,4,12-13H2,1-3H3,(H,25,31)(H,26,32). The van der Waals surface area contributed by atoms with Crippen molar-refractivity contribution in [3.05, 3.63) is 58.9 Å². The number of carbonyl (C=O) groups is 2. The Morgan fingerprint density at radius 1 is 1.14 bits per heavy atom. The van der Waals surface area contributed by atoms with Crippen LogP contribution in [0.15, 0.2) is 47.6 Å². The molecule has 0 spiro atoms. The van der Waals surface area contributed by atoms with Gasteiger partial charge in [0.2, 0.25) is 5.91 Å². The molecule has 0 fully saturated rings. The number of anilines is 1. The van der Waals surface area contributed by atoms with Crippen molar-refractivity contribution < 1.29 is 24.2 Å². The average molecular weight is 520 g/mol. The van der Waals surface area contributed by atoms with Gasteiger partial charge in [-0.25, -0.2) is 0 Å². The van der Waals surface area contributed by atoms with Crippen LogP contribution in [0.25, 0.3) is 0 Å². The molecule has 1 aromatic heterocycles. The van der Waals surface area contributed by atoms with Gasteiger partial charge in [-0.05, 0) is 49.4 Å². The van der Waals surface area contributed by atoms with Gasteiger partial charge >= 0.3 is 0 Å². The van der Waals surface area contributed by atoms with Gasteiger partial charge in [0.1, 0.15) is 17.5 Å². The number of aliphatic hydroxyl groups is 1. The van der Waals surface area contributed by atoms with Crippen molar-refractivity contribution in [2.24, 2.45) is 0 Å². The Kier molecular flexibility index (Phi) is 9.35. The Hall–Kier alpha value is -3.28. The summed E-state index contributed by atoms with van der Waals surface area (Å²) in [6, 6.07) is 10.8. The van der Waals surface area contributed by atoms with Crippen LogP contribution in [0, 0.1) is 0 Å². The fraction of sp³-hybridized carbons (Fsp3) is 0.304. The first-order valence-corrected chi connectivity index (χ1v) is 12.0. The molecule has 186 valence electrons. The number of rotatable bonds is 11. The molecule has 0 saturated heterocycles. The maximum atomic E-state index is 12.7. The Balaban J connectivity index is 1.67. The highest BCUT2D eigenvalue weighted by Gasteiger charge is 2.23. The van der Waals surface area contributed by atoms with Crippen LogP contribution in [-0.2, 0) is 11.3 Å². The predicted molar refractivity (Wildman–Crippen MR) is 133 cm³/mol. The van der Waals surface area contributed by atoms with Gasteiger partial charge in [-0.2, -0.15) is 0 Å². The first-order chi connectivity index (χ1) is 16.9. The molecule has 2 amide bonds. The zero-order chi connectivity index (χ0) is 25.4. The second-order valence-corrected chi connectivity index (χ2v) is 8.58. The zero-order valence-electron chi connectivity index (χ0n) is 19.4. The summed E-state index contributed by atoms with van der Waals surface area (Å²) in [6.45, 7) is 1.98. The lowest BCUT2D eigenvalue weighted by atomic mass is 10.2. The van der Waals surface area contributed by atoms with E-state index in [0.717, 1.165) is 0 Å². The number of aliphatic hydroxyl groups excluding tert-OH is 1. The number of nitrogens with zero attached hydrogens (tertiary/aromatic N) is 3. The SMILES string of the molecule is CCn1c(SCC(=O)Nc2cc(Cl)ccc2OC)nnc1C(CO)NC(=O)c1ccc(OC)cc1. The summed E-state index contributed by atoms with van der Waals surface area (Å²) in [5.74, 6) is 0.901. The summed E-state index contributed by atoms with van der Waals surface area (Å²) >= 11 is 7.19. The van der Waals surface area contributed by atoms with E-state index in [1.54, 1.807) is 54.1 Å². The number of methoxy groups -OCH3 is 2. The molecule has 1 unspecified atom stereocenters. The lowest BCUT2D eigenvalue weighted by Gasteiger charge is -2.17. The third-order valence-corrected chi connectivity index (χ3v) is 6.18. The van der Waals surface area contributed by atoms with E-state index in [1.807, 2.05) is 6.92 Å². The Morgan fingerprint density at radius 3 is 2.51 bits per heavy atom. The Labute approximate surface area is 212 Å². The summed E-state index contributed by atoms with van der Waals surface area (Å²) in [4.78, 5) is 25.2. The molecule has 3 N–H and O–H groups in total. The van der Waals surface area contributed by atoms with E-state index in [9.17, 15) is 14.7 Å². The fourth-order valence-electron chi connectivity index (χ4n) is 3.23. The van der Waals surface area contributed by atoms with Crippen molar-refractivity contribution in [2.45, 2.75) is 24.7 Å². The number of amides is 2. The van der Waals surface area contributed by atoms with E-state index >= 15 is 0 Å². The van der Waals surface area contributed by atoms with E-state index < -0.39 is 6.04 Å². The summed E-state index contributed by atoms with van der Waals surface area (Å²) in [5.41, 5.74) is 0.874. The molecule has 0 aliphatic carbocycles. The van der Waals surface area contributed by atoms with Gasteiger partial charge in [0, 0.05) is 17.1 Å². The molecule has 0 aliphatic heterocycles. The number of halogens is 1. The molecule has 0 radical (unpaired) electrons. The second-order valence-electron chi connectivity index (χ2n) is 7.20. The topological polar surface area (TPSA) is 128 Å². The van der Waals surface area contributed by atoms with E-state index in [4.69, 9.17) is 21.1 Å². The lowest BCUT2D eigenvalue weighted by molar-refractivity contribution is -0.113. The Morgan fingerprint density at radius 2 is 1.89 bits per heavy atom. The maximum absolute atomic E-state index is 12.7. The number of hydrogen-bond donors (Lipinski definition) is 3. The van der Waals surface area contributed by atoms with Gasteiger partial charge in [-0.3, -0.25) is 9.59 Å². The minimum Gasteiger partial charge on any atom is -0.497 e. The summed E-state index contributed by atoms with van der Waals surface area (Å²) < 4.78 is 12.1. The molecule has 10 nitrogen and oxygen atoms in total. The highest BCUT2D eigenvalue weighted by molar-refractivity contribution is 7.99. The van der Waals surface area contributed by atoms with Crippen LogP contribution in [0.1, 0.15) is 29.1 Å². The quantitative estimate of drug-likeness (QED) is 0.330. The van der Waals surface area contributed by atoms with Crippen LogP contribution in [0.3, 0.4) is 0 Å². The van der Waals surface area contributed by atoms with Crippen molar-refractivity contribution >= 4 is 40.9 Å². The third-order valence-electron chi connectivity index (χ3n) is 4.98. The predicted octanol–water partition coefficient (Wildman–Crippen LogP) is 3.16. The molecule has 0 saturated carbocycles. The molecule has 3 rings (SSSR count). The highest BCUT2D eigenvalue weighted by Crippen LogP contribution is 2.28. The van der Waals surface area contributed by atoms with Crippen molar-refractivity contribution in [1.82, 2.24) is 20.1 Å². The number of nitrogens with one attached hydrogen (secondary N) is 2. The van der Waals surface area contributed by atoms with Gasteiger partial charge in [-0.15, -0.1) is 10.2 Å². The average Bonchev–Trinajstić information content (AvgIpc) is 3.28. The fourth-order valence-corrected chi connectivity index (χ4v) is 4.21. The smallest absolute Gasteiger partial charge is 0.251 e. The van der Waals surface area contributed by atoms with Gasteiger partial charge in [0.05, 0.1) is 32.3 Å². The number of carbonyl (C=O) groups excluding carboxylic acids is 2. The summed E-state index contributed by atoms with van der Waals surface area (Å²) in [6.07, 6.45) is 0. The minimum absolute atomic E-state index is 0.0514. The van der Waals surface area contributed by atoms with Gasteiger partial charge in [0.15, 0.2) is 11.0 Å². The largest absolute Gasteiger partial charge is 0.497 e. The van der Waals surface area contributed by atoms with E-state index in [1.165, 1.54) is 18.9 Å². The molecule has 35 heavy (non-hydrogen) atoms. The monoisotopic (exact) mass is 519 g/mol. The van der Waals surface area contributed by atoms with Crippen molar-refractivity contribution in [3.63, 3.8) is 0 Å². The molecule has 12 heteroatoms. The van der Waals surface area contributed by atoms with E-state index in [2.05, 4.69) is 20.8 Å². The van der Waals surface area contributed by atoms with Crippen LogP contribution < -0.4 is 20.1 Å². The second kappa shape index (κ2) is 12.4. The van der Waals surface area contributed by atoms with Gasteiger partial charge in [-0.1, -0.05) is 23.4 Å². The van der Waals surface area contributed by atoms with Gasteiger partial charge < -0.3 is 29.8 Å². The number of aromatic nitrogens is 3. The number of thioether (sulfide) groups is 1. The van der Waals surface area contributed by atoms with Crippen LogP contribution >= 0.6 is 23.4 Å². The highest BCUT2D eigenvalue weighted by atomic mass is 35.5.